The van der Waals surface area contributed by atoms with E-state index in [2.05, 4.69) is 40.1 Å². The van der Waals surface area contributed by atoms with E-state index in [9.17, 15) is 0 Å². The average Bonchev–Trinajstić information content (AvgIpc) is 3.03. The van der Waals surface area contributed by atoms with Gasteiger partial charge in [-0.05, 0) is 57.2 Å². The molecule has 2 rings (SSSR count). The Kier molecular flexibility index (Phi) is 5.97. The van der Waals surface area contributed by atoms with Crippen LogP contribution in [0.2, 0.25) is 0 Å². The zero-order valence-corrected chi connectivity index (χ0v) is 13.4. The molecule has 0 aliphatic rings. The molecular formula is C13H20ClN5S. The molecule has 2 heterocycles. The van der Waals surface area contributed by atoms with E-state index in [1.54, 1.807) is 11.3 Å². The third-order valence-corrected chi connectivity index (χ3v) is 4.06. The topological polar surface area (TPSA) is 46.0 Å². The van der Waals surface area contributed by atoms with E-state index in [0.29, 0.717) is 6.54 Å². The molecule has 0 saturated heterocycles. The zero-order chi connectivity index (χ0) is 14.4. The maximum atomic E-state index is 5.49. The monoisotopic (exact) mass is 313 g/mol. The van der Waals surface area contributed by atoms with E-state index in [1.165, 1.54) is 18.4 Å². The zero-order valence-electron chi connectivity index (χ0n) is 11.8. The van der Waals surface area contributed by atoms with Crippen LogP contribution in [-0.2, 0) is 13.0 Å². The standard InChI is InChI=1S/C13H20ClN5S/c1-18(2)6-4-3-5-11-7-17-19(10-11)13-15-8-12(20-13)9-16-14/h7-8,10,16H,3-6,9H2,1-2H3. The van der Waals surface area contributed by atoms with Gasteiger partial charge in [-0.2, -0.15) is 5.10 Å². The molecule has 2 aromatic heterocycles. The van der Waals surface area contributed by atoms with Crippen LogP contribution in [0.3, 0.4) is 0 Å². The first-order valence-corrected chi connectivity index (χ1v) is 7.85. The lowest BCUT2D eigenvalue weighted by atomic mass is 10.1. The van der Waals surface area contributed by atoms with Crippen LogP contribution in [0.5, 0.6) is 0 Å². The van der Waals surface area contributed by atoms with Crippen LogP contribution < -0.4 is 4.84 Å². The van der Waals surface area contributed by atoms with Crippen LogP contribution in [0.15, 0.2) is 18.6 Å². The van der Waals surface area contributed by atoms with Crippen molar-refractivity contribution >= 4 is 23.1 Å². The fourth-order valence-corrected chi connectivity index (χ4v) is 2.91. The molecule has 0 spiro atoms. The van der Waals surface area contributed by atoms with E-state index in [0.717, 1.165) is 23.0 Å². The molecule has 0 fully saturated rings. The van der Waals surface area contributed by atoms with E-state index in [1.807, 2.05) is 17.1 Å². The maximum Gasteiger partial charge on any atom is 0.210 e. The molecular weight excluding hydrogens is 294 g/mol. The number of unbranched alkanes of at least 4 members (excludes halogenated alkanes) is 1. The molecule has 0 aliphatic heterocycles. The summed E-state index contributed by atoms with van der Waals surface area (Å²) in [7, 11) is 4.21. The molecule has 0 aliphatic carbocycles. The van der Waals surface area contributed by atoms with E-state index in [-0.39, 0.29) is 0 Å². The molecule has 0 unspecified atom stereocenters. The molecule has 5 nitrogen and oxygen atoms in total. The highest BCUT2D eigenvalue weighted by molar-refractivity contribution is 7.14. The summed E-state index contributed by atoms with van der Waals surface area (Å²) in [4.78, 5) is 10.3. The van der Waals surface area contributed by atoms with Crippen molar-refractivity contribution < 1.29 is 0 Å². The van der Waals surface area contributed by atoms with E-state index in [4.69, 9.17) is 11.8 Å². The summed E-state index contributed by atoms with van der Waals surface area (Å²) in [5.41, 5.74) is 1.26. The van der Waals surface area contributed by atoms with Crippen molar-refractivity contribution in [2.75, 3.05) is 20.6 Å². The highest BCUT2D eigenvalue weighted by Crippen LogP contribution is 2.17. The lowest BCUT2D eigenvalue weighted by molar-refractivity contribution is 0.394. The van der Waals surface area contributed by atoms with Crippen LogP contribution in [-0.4, -0.2) is 40.3 Å². The highest BCUT2D eigenvalue weighted by atomic mass is 35.5. The Morgan fingerprint density at radius 2 is 2.20 bits per heavy atom. The number of nitrogens with zero attached hydrogens (tertiary/aromatic N) is 4. The van der Waals surface area contributed by atoms with Crippen LogP contribution in [0, 0.1) is 0 Å². The second-order valence-corrected chi connectivity index (χ2v) is 6.33. The summed E-state index contributed by atoms with van der Waals surface area (Å²) in [6.07, 6.45) is 9.27. The number of rotatable bonds is 8. The fraction of sp³-hybridized carbons (Fsp3) is 0.538. The summed E-state index contributed by atoms with van der Waals surface area (Å²) >= 11 is 7.08. The molecule has 7 heteroatoms. The van der Waals surface area contributed by atoms with Gasteiger partial charge in [-0.1, -0.05) is 11.3 Å². The summed E-state index contributed by atoms with van der Waals surface area (Å²) in [5.74, 6) is 0. The third kappa shape index (κ3) is 4.56. The Hall–Kier alpha value is -0.950. The Morgan fingerprint density at radius 3 is 2.95 bits per heavy atom. The first-order chi connectivity index (χ1) is 9.69. The quantitative estimate of drug-likeness (QED) is 0.601. The van der Waals surface area contributed by atoms with Gasteiger partial charge in [-0.3, -0.25) is 0 Å². The molecule has 2 aromatic rings. The van der Waals surface area contributed by atoms with E-state index >= 15 is 0 Å². The van der Waals surface area contributed by atoms with Crippen LogP contribution in [0.25, 0.3) is 5.13 Å². The summed E-state index contributed by atoms with van der Waals surface area (Å²) < 4.78 is 1.84. The number of hydrogen-bond acceptors (Lipinski definition) is 5. The molecule has 110 valence electrons. The van der Waals surface area contributed by atoms with Crippen molar-refractivity contribution in [2.45, 2.75) is 25.8 Å². The van der Waals surface area contributed by atoms with E-state index < -0.39 is 0 Å². The lowest BCUT2D eigenvalue weighted by Crippen LogP contribution is -2.12. The molecule has 0 amide bonds. The molecule has 0 aromatic carbocycles. The lowest BCUT2D eigenvalue weighted by Gasteiger charge is -2.07. The van der Waals surface area contributed by atoms with Gasteiger partial charge in [0.15, 0.2) is 0 Å². The Balaban J connectivity index is 1.87. The van der Waals surface area contributed by atoms with Crippen molar-refractivity contribution in [2.24, 2.45) is 0 Å². The molecule has 20 heavy (non-hydrogen) atoms. The largest absolute Gasteiger partial charge is 0.309 e. The molecule has 0 atom stereocenters. The van der Waals surface area contributed by atoms with Gasteiger partial charge >= 0.3 is 0 Å². The number of thiazole rings is 1. The minimum atomic E-state index is 0.623. The second kappa shape index (κ2) is 7.73. The van der Waals surface area contributed by atoms with Gasteiger partial charge < -0.3 is 4.90 Å². The second-order valence-electron chi connectivity index (χ2n) is 4.97. The van der Waals surface area contributed by atoms with Crippen LogP contribution in [0.4, 0.5) is 0 Å². The Bertz CT molecular complexity index is 522. The summed E-state index contributed by atoms with van der Waals surface area (Å²) in [6.45, 7) is 1.76. The smallest absolute Gasteiger partial charge is 0.210 e. The highest BCUT2D eigenvalue weighted by Gasteiger charge is 2.06. The fourth-order valence-electron chi connectivity index (χ4n) is 1.90. The first-order valence-electron chi connectivity index (χ1n) is 6.66. The summed E-state index contributed by atoms with van der Waals surface area (Å²) in [6, 6.07) is 0. The number of halogens is 1. The molecule has 0 saturated carbocycles. The number of hydrogen-bond donors (Lipinski definition) is 1. The van der Waals surface area contributed by atoms with Crippen LogP contribution in [0.1, 0.15) is 23.3 Å². The molecule has 0 bridgehead atoms. The van der Waals surface area contributed by atoms with Gasteiger partial charge in [0.2, 0.25) is 5.13 Å². The average molecular weight is 314 g/mol. The minimum absolute atomic E-state index is 0.623. The van der Waals surface area contributed by atoms with Crippen molar-refractivity contribution in [1.82, 2.24) is 24.5 Å². The predicted octanol–water partition coefficient (Wildman–Crippen LogP) is 2.46. The van der Waals surface area contributed by atoms with Crippen molar-refractivity contribution in [3.8, 4) is 5.13 Å². The van der Waals surface area contributed by atoms with Gasteiger partial charge in [0.25, 0.3) is 0 Å². The Morgan fingerprint density at radius 1 is 1.35 bits per heavy atom. The SMILES string of the molecule is CN(C)CCCCc1cnn(-c2ncc(CNCl)s2)c1. The number of aryl methyl sites for hydroxylation is 1. The molecule has 0 radical (unpaired) electrons. The van der Waals surface area contributed by atoms with Gasteiger partial charge in [-0.25, -0.2) is 14.5 Å². The van der Waals surface area contributed by atoms with Gasteiger partial charge in [0.05, 0.1) is 6.20 Å². The predicted molar refractivity (Wildman–Crippen MR) is 83.4 cm³/mol. The summed E-state index contributed by atoms with van der Waals surface area (Å²) in [5, 5.41) is 5.26. The first kappa shape index (κ1) is 15.4. The van der Waals surface area contributed by atoms with Crippen molar-refractivity contribution in [1.29, 1.82) is 0 Å². The maximum absolute atomic E-state index is 5.49. The minimum Gasteiger partial charge on any atom is -0.309 e. The normalized spacial score (nSPS) is 11.4. The third-order valence-electron chi connectivity index (χ3n) is 2.94. The van der Waals surface area contributed by atoms with Crippen molar-refractivity contribution in [3.63, 3.8) is 0 Å². The van der Waals surface area contributed by atoms with Crippen LogP contribution >= 0.6 is 23.1 Å². The molecule has 1 N–H and O–H groups in total. The number of nitrogens with one attached hydrogen (secondary N) is 1. The van der Waals surface area contributed by atoms with Crippen molar-refractivity contribution in [3.05, 3.63) is 29.0 Å². The Labute approximate surface area is 128 Å². The van der Waals surface area contributed by atoms with Gasteiger partial charge in [0.1, 0.15) is 0 Å². The van der Waals surface area contributed by atoms with Gasteiger partial charge in [0, 0.05) is 23.8 Å². The number of aromatic nitrogens is 3. The van der Waals surface area contributed by atoms with Gasteiger partial charge in [-0.15, -0.1) is 0 Å².